The molecule has 39 heavy (non-hydrogen) atoms. The molecule has 0 heterocycles. The molecule has 2 amide bonds. The van der Waals surface area contributed by atoms with Gasteiger partial charge in [-0.15, -0.1) is 0 Å². The van der Waals surface area contributed by atoms with Crippen molar-refractivity contribution in [1.82, 2.24) is 4.90 Å². The predicted molar refractivity (Wildman–Crippen MR) is 154 cm³/mol. The highest BCUT2D eigenvalue weighted by molar-refractivity contribution is 7.92. The first-order valence-electron chi connectivity index (χ1n) is 12.7. The van der Waals surface area contributed by atoms with E-state index in [1.807, 2.05) is 18.2 Å². The lowest BCUT2D eigenvalue weighted by Gasteiger charge is -2.26. The summed E-state index contributed by atoms with van der Waals surface area (Å²) in [6, 6.07) is 21.6. The molecule has 3 rings (SSSR count). The minimum absolute atomic E-state index is 0.00144. The van der Waals surface area contributed by atoms with Crippen LogP contribution in [-0.2, 0) is 26.2 Å². The number of halogens is 1. The van der Waals surface area contributed by atoms with Crippen LogP contribution < -0.4 is 9.62 Å². The first-order valence-corrected chi connectivity index (χ1v) is 14.5. The van der Waals surface area contributed by atoms with E-state index in [-0.39, 0.29) is 17.2 Å². The Morgan fingerprint density at radius 3 is 2.38 bits per heavy atom. The number of amides is 2. The van der Waals surface area contributed by atoms with E-state index in [4.69, 9.17) is 16.3 Å². The molecule has 0 aromatic heterocycles. The van der Waals surface area contributed by atoms with Gasteiger partial charge < -0.3 is 10.1 Å². The molecule has 0 aliphatic rings. The third kappa shape index (κ3) is 8.73. The van der Waals surface area contributed by atoms with Crippen molar-refractivity contribution in [2.24, 2.45) is 5.92 Å². The van der Waals surface area contributed by atoms with Gasteiger partial charge in [-0.1, -0.05) is 67.9 Å². The van der Waals surface area contributed by atoms with Crippen LogP contribution in [0.1, 0.15) is 32.3 Å². The molecule has 3 aromatic rings. The second-order valence-corrected chi connectivity index (χ2v) is 11.8. The summed E-state index contributed by atoms with van der Waals surface area (Å²) >= 11 is 6.15. The predicted octanol–water partition coefficient (Wildman–Crippen LogP) is 6.18. The van der Waals surface area contributed by atoms with Crippen LogP contribution in [-0.4, -0.2) is 45.5 Å². The van der Waals surface area contributed by atoms with Crippen molar-refractivity contribution in [3.8, 4) is 0 Å². The summed E-state index contributed by atoms with van der Waals surface area (Å²) < 4.78 is 33.8. The third-order valence-corrected chi connectivity index (χ3v) is 7.94. The lowest BCUT2D eigenvalue weighted by Crippen LogP contribution is -2.44. The van der Waals surface area contributed by atoms with Crippen molar-refractivity contribution < 1.29 is 22.7 Å². The summed E-state index contributed by atoms with van der Waals surface area (Å²) in [4.78, 5) is 26.4. The molecule has 3 aromatic carbocycles. The molecule has 8 nitrogen and oxygen atoms in total. The third-order valence-electron chi connectivity index (χ3n) is 5.94. The van der Waals surface area contributed by atoms with E-state index < -0.39 is 28.6 Å². The van der Waals surface area contributed by atoms with E-state index in [1.54, 1.807) is 42.5 Å². The Labute approximate surface area is 235 Å². The fourth-order valence-electron chi connectivity index (χ4n) is 3.73. The Morgan fingerprint density at radius 2 is 1.69 bits per heavy atom. The maximum atomic E-state index is 13.8. The van der Waals surface area contributed by atoms with E-state index >= 15 is 0 Å². The molecule has 10 heteroatoms. The molecule has 0 saturated heterocycles. The fraction of sp³-hybridized carbons (Fsp3) is 0.310. The number of anilines is 2. The van der Waals surface area contributed by atoms with E-state index in [1.165, 1.54) is 25.2 Å². The summed E-state index contributed by atoms with van der Waals surface area (Å²) in [6.07, 6.45) is 1.11. The van der Waals surface area contributed by atoms with Crippen LogP contribution in [0.2, 0.25) is 5.02 Å². The van der Waals surface area contributed by atoms with Crippen LogP contribution in [0.3, 0.4) is 0 Å². The second-order valence-electron chi connectivity index (χ2n) is 9.48. The zero-order valence-electron chi connectivity index (χ0n) is 22.3. The van der Waals surface area contributed by atoms with Gasteiger partial charge in [-0.2, -0.15) is 0 Å². The highest BCUT2D eigenvalue weighted by atomic mass is 35.5. The quantitative estimate of drug-likeness (QED) is 0.261. The van der Waals surface area contributed by atoms with Gasteiger partial charge in [-0.3, -0.25) is 9.10 Å². The monoisotopic (exact) mass is 571 g/mol. The van der Waals surface area contributed by atoms with E-state index in [9.17, 15) is 18.0 Å². The number of sulfonamides is 1. The maximum absolute atomic E-state index is 13.8. The van der Waals surface area contributed by atoms with Gasteiger partial charge in [0.1, 0.15) is 13.2 Å². The summed E-state index contributed by atoms with van der Waals surface area (Å²) in [7, 11) is -2.96. The number of hydrogen-bond acceptors (Lipinski definition) is 6. The lowest BCUT2D eigenvalue weighted by atomic mass is 10.1. The van der Waals surface area contributed by atoms with Crippen molar-refractivity contribution in [3.05, 3.63) is 89.4 Å². The van der Waals surface area contributed by atoms with Gasteiger partial charge in [0.15, 0.2) is 0 Å². The van der Waals surface area contributed by atoms with Crippen LogP contribution in [0.15, 0.2) is 83.8 Å². The number of likely N-dealkylation sites (N-methyl/N-ethyl adjacent to an activating group) is 1. The molecular formula is C29H34ClN3O5S. The topological polar surface area (TPSA) is 96.0 Å². The standard InChI is InChI=1S/C29H34ClN3O5S/c1-22(2)10-9-17-31-25-14-8-16-27(19-25)39(36,37)33(26-15-7-13-24(30)18-26)20-28(34)32(3)29(35)38-21-23-11-5-4-6-12-23/h4-8,11-16,18-19,22,31H,9-10,17,20-21H2,1-3H3. The molecule has 208 valence electrons. The highest BCUT2D eigenvalue weighted by Gasteiger charge is 2.30. The van der Waals surface area contributed by atoms with Gasteiger partial charge in [0, 0.05) is 24.3 Å². The summed E-state index contributed by atoms with van der Waals surface area (Å²) in [6.45, 7) is 4.35. The Morgan fingerprint density at radius 1 is 0.974 bits per heavy atom. The van der Waals surface area contributed by atoms with E-state index in [0.29, 0.717) is 23.2 Å². The van der Waals surface area contributed by atoms with Gasteiger partial charge >= 0.3 is 6.09 Å². The van der Waals surface area contributed by atoms with Crippen LogP contribution in [0.5, 0.6) is 0 Å². The number of carbonyl (C=O) groups is 2. The maximum Gasteiger partial charge on any atom is 0.416 e. The van der Waals surface area contributed by atoms with Gasteiger partial charge in [-0.25, -0.2) is 18.1 Å². The minimum atomic E-state index is -4.21. The van der Waals surface area contributed by atoms with Crippen LogP contribution in [0.4, 0.5) is 16.2 Å². The number of imide groups is 1. The van der Waals surface area contributed by atoms with Crippen molar-refractivity contribution in [2.75, 3.05) is 29.8 Å². The normalized spacial score (nSPS) is 11.2. The SMILES string of the molecule is CC(C)CCCNc1cccc(S(=O)(=O)N(CC(=O)N(C)C(=O)OCc2ccccc2)c2cccc(Cl)c2)c1. The zero-order chi connectivity index (χ0) is 28.4. The Kier molecular flexibility index (Phi) is 10.8. The Bertz CT molecular complexity index is 1370. The van der Waals surface area contributed by atoms with E-state index in [2.05, 4.69) is 19.2 Å². The summed E-state index contributed by atoms with van der Waals surface area (Å²) in [5.74, 6) is -0.185. The van der Waals surface area contributed by atoms with Gasteiger partial charge in [0.25, 0.3) is 15.9 Å². The molecule has 0 fully saturated rings. The van der Waals surface area contributed by atoms with Crippen LogP contribution >= 0.6 is 11.6 Å². The van der Waals surface area contributed by atoms with Crippen molar-refractivity contribution in [1.29, 1.82) is 0 Å². The molecule has 0 bridgehead atoms. The number of nitrogens with zero attached hydrogens (tertiary/aromatic N) is 2. The second kappa shape index (κ2) is 14.0. The number of nitrogens with one attached hydrogen (secondary N) is 1. The fourth-order valence-corrected chi connectivity index (χ4v) is 5.37. The number of benzene rings is 3. The molecule has 0 spiro atoms. The number of carbonyl (C=O) groups excluding carboxylic acids is 2. The first kappa shape index (κ1) is 30.0. The number of rotatable bonds is 12. The largest absolute Gasteiger partial charge is 0.444 e. The van der Waals surface area contributed by atoms with Crippen molar-refractivity contribution >= 4 is 45.0 Å². The average Bonchev–Trinajstić information content (AvgIpc) is 2.92. The van der Waals surface area contributed by atoms with Crippen molar-refractivity contribution in [3.63, 3.8) is 0 Å². The lowest BCUT2D eigenvalue weighted by molar-refractivity contribution is -0.126. The van der Waals surface area contributed by atoms with E-state index in [0.717, 1.165) is 27.6 Å². The van der Waals surface area contributed by atoms with Gasteiger partial charge in [0.2, 0.25) is 0 Å². The molecule has 0 atom stereocenters. The minimum Gasteiger partial charge on any atom is -0.444 e. The number of ether oxygens (including phenoxy) is 1. The Hall–Kier alpha value is -3.56. The van der Waals surface area contributed by atoms with Crippen molar-refractivity contribution in [2.45, 2.75) is 38.2 Å². The Balaban J connectivity index is 1.80. The van der Waals surface area contributed by atoms with Crippen LogP contribution in [0.25, 0.3) is 0 Å². The summed E-state index contributed by atoms with van der Waals surface area (Å²) in [5, 5.41) is 3.56. The molecule has 0 radical (unpaired) electrons. The van der Waals surface area contributed by atoms with Gasteiger partial charge in [-0.05, 0) is 60.7 Å². The molecule has 0 unspecified atom stereocenters. The zero-order valence-corrected chi connectivity index (χ0v) is 23.9. The average molecular weight is 572 g/mol. The molecule has 0 saturated carbocycles. The van der Waals surface area contributed by atoms with Gasteiger partial charge in [0.05, 0.1) is 10.6 Å². The first-order chi connectivity index (χ1) is 18.6. The van der Waals surface area contributed by atoms with Crippen LogP contribution in [0, 0.1) is 5.92 Å². The summed E-state index contributed by atoms with van der Waals surface area (Å²) in [5.41, 5.74) is 1.60. The smallest absolute Gasteiger partial charge is 0.416 e. The highest BCUT2D eigenvalue weighted by Crippen LogP contribution is 2.27. The molecule has 0 aliphatic heterocycles. The molecular weight excluding hydrogens is 538 g/mol. The molecule has 0 aliphatic carbocycles. The number of hydrogen-bond donors (Lipinski definition) is 1. The molecule has 1 N–H and O–H groups in total.